The van der Waals surface area contributed by atoms with Crippen molar-refractivity contribution in [3.05, 3.63) is 46.5 Å². The second kappa shape index (κ2) is 6.19. The number of nitrogens with zero attached hydrogens (tertiary/aromatic N) is 4. The lowest BCUT2D eigenvalue weighted by molar-refractivity contribution is 0.0694. The third-order valence-corrected chi connectivity index (χ3v) is 5.20. The number of piperidine rings is 1. The summed E-state index contributed by atoms with van der Waals surface area (Å²) in [7, 11) is 1.74. The van der Waals surface area contributed by atoms with Gasteiger partial charge < -0.3 is 9.88 Å². The van der Waals surface area contributed by atoms with Crippen molar-refractivity contribution < 1.29 is 4.79 Å². The fraction of sp³-hybridized carbons (Fsp3) is 0.389. The Balaban J connectivity index is 1.60. The number of aromatic amines is 1. The maximum Gasteiger partial charge on any atom is 0.273 e. The number of H-pyrrole nitrogens is 1. The minimum absolute atomic E-state index is 0.0676. The lowest BCUT2D eigenvalue weighted by Gasteiger charge is -2.31. The second-order valence-corrected chi connectivity index (χ2v) is 7.06. The predicted molar refractivity (Wildman–Crippen MR) is 96.9 cm³/mol. The minimum atomic E-state index is -0.0676. The standard InChI is InChI=1S/C18H20ClN5O/c1-11-5-3-7-14-15(11)22-17(21-14)12-6-4-8-24(10-12)18(25)16-13(19)9-20-23(16)2/h3,5,7,9,12H,4,6,8,10H2,1-2H3,(H,21,22)/t12-/m1/s1. The van der Waals surface area contributed by atoms with E-state index in [-0.39, 0.29) is 11.8 Å². The summed E-state index contributed by atoms with van der Waals surface area (Å²) < 4.78 is 1.54. The number of aromatic nitrogens is 4. The number of fused-ring (bicyclic) bond motifs is 1. The fourth-order valence-corrected chi connectivity index (χ4v) is 3.82. The van der Waals surface area contributed by atoms with Crippen molar-refractivity contribution >= 4 is 28.5 Å². The van der Waals surface area contributed by atoms with Crippen molar-refractivity contribution in [3.8, 4) is 0 Å². The summed E-state index contributed by atoms with van der Waals surface area (Å²) in [4.78, 5) is 22.9. The molecule has 1 saturated heterocycles. The zero-order valence-electron chi connectivity index (χ0n) is 14.3. The molecule has 1 atom stereocenters. The van der Waals surface area contributed by atoms with Crippen LogP contribution in [0.5, 0.6) is 0 Å². The van der Waals surface area contributed by atoms with E-state index in [1.165, 1.54) is 6.20 Å². The molecule has 1 aliphatic heterocycles. The average Bonchev–Trinajstić information content (AvgIpc) is 3.19. The molecule has 1 amide bonds. The minimum Gasteiger partial charge on any atom is -0.342 e. The maximum absolute atomic E-state index is 12.9. The lowest BCUT2D eigenvalue weighted by atomic mass is 9.97. The van der Waals surface area contributed by atoms with E-state index >= 15 is 0 Å². The molecule has 1 N–H and O–H groups in total. The third-order valence-electron chi connectivity index (χ3n) is 4.92. The van der Waals surface area contributed by atoms with Crippen LogP contribution < -0.4 is 0 Å². The van der Waals surface area contributed by atoms with Crippen LogP contribution in [0.15, 0.2) is 24.4 Å². The van der Waals surface area contributed by atoms with Crippen LogP contribution in [-0.2, 0) is 7.05 Å². The van der Waals surface area contributed by atoms with Gasteiger partial charge in [-0.25, -0.2) is 4.98 Å². The van der Waals surface area contributed by atoms with Crippen LogP contribution in [0.25, 0.3) is 11.0 Å². The Morgan fingerprint density at radius 3 is 2.96 bits per heavy atom. The summed E-state index contributed by atoms with van der Waals surface area (Å²) in [6, 6.07) is 6.13. The van der Waals surface area contributed by atoms with Gasteiger partial charge in [-0.2, -0.15) is 5.10 Å². The van der Waals surface area contributed by atoms with E-state index in [1.54, 1.807) is 11.7 Å². The highest BCUT2D eigenvalue weighted by molar-refractivity contribution is 6.33. The number of amides is 1. The fourth-order valence-electron chi connectivity index (χ4n) is 3.57. The van der Waals surface area contributed by atoms with Crippen molar-refractivity contribution in [1.29, 1.82) is 0 Å². The van der Waals surface area contributed by atoms with Crippen LogP contribution in [0.1, 0.15) is 40.6 Å². The Bertz CT molecular complexity index is 925. The van der Waals surface area contributed by atoms with Crippen molar-refractivity contribution in [3.63, 3.8) is 0 Å². The molecule has 7 heteroatoms. The molecule has 0 saturated carbocycles. The Hall–Kier alpha value is -2.34. The lowest BCUT2D eigenvalue weighted by Crippen LogP contribution is -2.40. The zero-order chi connectivity index (χ0) is 17.6. The van der Waals surface area contributed by atoms with Gasteiger partial charge in [0.15, 0.2) is 0 Å². The first-order valence-electron chi connectivity index (χ1n) is 8.46. The summed E-state index contributed by atoms with van der Waals surface area (Å²) in [5, 5.41) is 4.46. The van der Waals surface area contributed by atoms with Crippen molar-refractivity contribution in [2.24, 2.45) is 7.05 Å². The number of carbonyl (C=O) groups excluding carboxylic acids is 1. The van der Waals surface area contributed by atoms with Crippen LogP contribution in [-0.4, -0.2) is 43.6 Å². The molecule has 0 spiro atoms. The largest absolute Gasteiger partial charge is 0.342 e. The third kappa shape index (κ3) is 2.80. The van der Waals surface area contributed by atoms with E-state index in [1.807, 2.05) is 17.0 Å². The second-order valence-electron chi connectivity index (χ2n) is 6.65. The molecule has 3 heterocycles. The molecule has 0 aliphatic carbocycles. The molecule has 6 nitrogen and oxygen atoms in total. The monoisotopic (exact) mass is 357 g/mol. The van der Waals surface area contributed by atoms with Gasteiger partial charge in [-0.15, -0.1) is 0 Å². The number of para-hydroxylation sites is 1. The molecule has 2 aromatic heterocycles. The van der Waals surface area contributed by atoms with Gasteiger partial charge in [0.25, 0.3) is 5.91 Å². The van der Waals surface area contributed by atoms with E-state index in [2.05, 4.69) is 23.1 Å². The van der Waals surface area contributed by atoms with Gasteiger partial charge in [-0.3, -0.25) is 9.48 Å². The SMILES string of the molecule is Cc1cccc2[nH]c([C@@H]3CCCN(C(=O)c4c(Cl)cnn4C)C3)nc12. The van der Waals surface area contributed by atoms with E-state index in [0.717, 1.165) is 41.8 Å². The smallest absolute Gasteiger partial charge is 0.273 e. The van der Waals surface area contributed by atoms with Crippen LogP contribution in [0, 0.1) is 6.92 Å². The van der Waals surface area contributed by atoms with Crippen molar-refractivity contribution in [2.45, 2.75) is 25.7 Å². The number of aryl methyl sites for hydroxylation is 2. The van der Waals surface area contributed by atoms with E-state index in [4.69, 9.17) is 16.6 Å². The van der Waals surface area contributed by atoms with E-state index in [9.17, 15) is 4.79 Å². The van der Waals surface area contributed by atoms with Crippen LogP contribution in [0.4, 0.5) is 0 Å². The number of halogens is 1. The van der Waals surface area contributed by atoms with E-state index in [0.29, 0.717) is 17.3 Å². The van der Waals surface area contributed by atoms with Gasteiger partial charge in [0.2, 0.25) is 0 Å². The number of hydrogen-bond donors (Lipinski definition) is 1. The first-order valence-corrected chi connectivity index (χ1v) is 8.84. The van der Waals surface area contributed by atoms with Crippen LogP contribution in [0.2, 0.25) is 5.02 Å². The number of likely N-dealkylation sites (tertiary alicyclic amines) is 1. The highest BCUT2D eigenvalue weighted by Crippen LogP contribution is 2.29. The molecule has 1 aromatic carbocycles. The molecule has 0 bridgehead atoms. The highest BCUT2D eigenvalue weighted by Gasteiger charge is 2.29. The van der Waals surface area contributed by atoms with Crippen molar-refractivity contribution in [1.82, 2.24) is 24.6 Å². The van der Waals surface area contributed by atoms with Gasteiger partial charge in [-0.1, -0.05) is 23.7 Å². The average molecular weight is 358 g/mol. The number of hydrogen-bond acceptors (Lipinski definition) is 3. The summed E-state index contributed by atoms with van der Waals surface area (Å²) >= 11 is 6.13. The molecule has 1 fully saturated rings. The van der Waals surface area contributed by atoms with Crippen LogP contribution in [0.3, 0.4) is 0 Å². The molecular formula is C18H20ClN5O. The zero-order valence-corrected chi connectivity index (χ0v) is 15.0. The molecular weight excluding hydrogens is 338 g/mol. The molecule has 4 rings (SSSR count). The number of nitrogens with one attached hydrogen (secondary N) is 1. The molecule has 3 aromatic rings. The summed E-state index contributed by atoms with van der Waals surface area (Å²) in [5.41, 5.74) is 3.66. The van der Waals surface area contributed by atoms with Crippen molar-refractivity contribution in [2.75, 3.05) is 13.1 Å². The van der Waals surface area contributed by atoms with Crippen LogP contribution >= 0.6 is 11.6 Å². The highest BCUT2D eigenvalue weighted by atomic mass is 35.5. The van der Waals surface area contributed by atoms with Gasteiger partial charge in [0.1, 0.15) is 11.5 Å². The summed E-state index contributed by atoms with van der Waals surface area (Å²) in [5.74, 6) is 1.09. The normalized spacial score (nSPS) is 18.0. The van der Waals surface area contributed by atoms with Gasteiger partial charge in [0.05, 0.1) is 22.3 Å². The Kier molecular flexibility index (Phi) is 4.00. The quantitative estimate of drug-likeness (QED) is 0.765. The van der Waals surface area contributed by atoms with Gasteiger partial charge in [-0.05, 0) is 31.4 Å². The first kappa shape index (κ1) is 16.1. The topological polar surface area (TPSA) is 66.8 Å². The number of imidazole rings is 1. The Labute approximate surface area is 150 Å². The summed E-state index contributed by atoms with van der Waals surface area (Å²) in [6.07, 6.45) is 3.47. The molecule has 0 unspecified atom stereocenters. The molecule has 25 heavy (non-hydrogen) atoms. The molecule has 0 radical (unpaired) electrons. The molecule has 1 aliphatic rings. The first-order chi connectivity index (χ1) is 12.0. The number of carbonyl (C=O) groups is 1. The Morgan fingerprint density at radius 2 is 2.24 bits per heavy atom. The van der Waals surface area contributed by atoms with Gasteiger partial charge >= 0.3 is 0 Å². The molecule has 130 valence electrons. The van der Waals surface area contributed by atoms with Gasteiger partial charge in [0, 0.05) is 26.1 Å². The Morgan fingerprint density at radius 1 is 1.40 bits per heavy atom. The summed E-state index contributed by atoms with van der Waals surface area (Å²) in [6.45, 7) is 3.43. The maximum atomic E-state index is 12.9. The predicted octanol–water partition coefficient (Wildman–Crippen LogP) is 3.28. The number of rotatable bonds is 2. The van der Waals surface area contributed by atoms with E-state index < -0.39 is 0 Å². The number of benzene rings is 1.